The summed E-state index contributed by atoms with van der Waals surface area (Å²) in [5.74, 6) is 1.15. The maximum atomic E-state index is 14.5. The van der Waals surface area contributed by atoms with Crippen LogP contribution in [-0.2, 0) is 19.3 Å². The number of halogens is 3. The highest BCUT2D eigenvalue weighted by Crippen LogP contribution is 2.39. The van der Waals surface area contributed by atoms with Crippen molar-refractivity contribution in [1.29, 1.82) is 0 Å². The first-order valence-corrected chi connectivity index (χ1v) is 15.0. The number of alkyl halides is 3. The second-order valence-electron chi connectivity index (χ2n) is 11.2. The van der Waals surface area contributed by atoms with Gasteiger partial charge in [0, 0.05) is 80.6 Å². The summed E-state index contributed by atoms with van der Waals surface area (Å²) in [6.07, 6.45) is 0.751. The Labute approximate surface area is 266 Å². The number of benzene rings is 2. The SMILES string of the molecule is COc1ccn(CCn2c(=O)c3nnn(-c4ccc(N5CCNCC5)c(C(F)(F)F)c4)c3c3cc(-c4ccc(OC)nc4)ccc32)c1. The van der Waals surface area contributed by atoms with Crippen molar-refractivity contribution in [1.82, 2.24) is 34.4 Å². The van der Waals surface area contributed by atoms with Crippen molar-refractivity contribution in [3.63, 3.8) is 0 Å². The first-order valence-electron chi connectivity index (χ1n) is 15.0. The molecule has 11 nitrogen and oxygen atoms in total. The van der Waals surface area contributed by atoms with Gasteiger partial charge < -0.3 is 28.8 Å². The summed E-state index contributed by atoms with van der Waals surface area (Å²) >= 11 is 0. The van der Waals surface area contributed by atoms with E-state index in [0.29, 0.717) is 67.3 Å². The van der Waals surface area contributed by atoms with Crippen molar-refractivity contribution in [3.8, 4) is 28.4 Å². The van der Waals surface area contributed by atoms with E-state index < -0.39 is 17.3 Å². The van der Waals surface area contributed by atoms with E-state index in [1.165, 1.54) is 17.9 Å². The number of hydrogen-bond acceptors (Lipinski definition) is 8. The standard InChI is InChI=1S/C33H31F3N8O3/c1-46-24-9-12-41(20-24)15-16-43-27-6-3-21(22-4-8-29(47-2)38-19-22)17-25(27)31-30(32(43)45)39-40-44(31)23-5-7-28(26(18-23)33(34,35)36)42-13-10-37-11-14-42/h3-9,12,17-20,37H,10-11,13-16H2,1-2H3. The molecule has 1 saturated heterocycles. The third-order valence-electron chi connectivity index (χ3n) is 8.47. The number of aromatic nitrogens is 6. The van der Waals surface area contributed by atoms with Gasteiger partial charge in [0.15, 0.2) is 5.52 Å². The van der Waals surface area contributed by atoms with Crippen LogP contribution in [0.2, 0.25) is 0 Å². The molecule has 47 heavy (non-hydrogen) atoms. The molecule has 0 atom stereocenters. The van der Waals surface area contributed by atoms with Crippen LogP contribution in [0.5, 0.6) is 11.6 Å². The Bertz CT molecular complexity index is 2130. The zero-order valence-corrected chi connectivity index (χ0v) is 25.7. The van der Waals surface area contributed by atoms with Gasteiger partial charge in [-0.3, -0.25) is 4.79 Å². The summed E-state index contributed by atoms with van der Waals surface area (Å²) in [4.78, 5) is 20.0. The molecule has 0 unspecified atom stereocenters. The van der Waals surface area contributed by atoms with Crippen molar-refractivity contribution in [2.75, 3.05) is 45.3 Å². The zero-order valence-electron chi connectivity index (χ0n) is 25.7. The smallest absolute Gasteiger partial charge is 0.418 e. The van der Waals surface area contributed by atoms with Crippen molar-refractivity contribution in [2.45, 2.75) is 19.3 Å². The number of piperazine rings is 1. The molecule has 14 heteroatoms. The predicted octanol–water partition coefficient (Wildman–Crippen LogP) is 4.74. The molecule has 242 valence electrons. The lowest BCUT2D eigenvalue weighted by atomic mass is 10.0. The lowest BCUT2D eigenvalue weighted by Crippen LogP contribution is -2.44. The maximum Gasteiger partial charge on any atom is 0.418 e. The van der Waals surface area contributed by atoms with Crippen molar-refractivity contribution in [3.05, 3.63) is 89.1 Å². The second-order valence-corrected chi connectivity index (χ2v) is 11.2. The van der Waals surface area contributed by atoms with Gasteiger partial charge in [0.1, 0.15) is 11.3 Å². The van der Waals surface area contributed by atoms with Gasteiger partial charge in [-0.15, -0.1) is 5.10 Å². The number of nitrogens with zero attached hydrogens (tertiary/aromatic N) is 7. The number of anilines is 1. The van der Waals surface area contributed by atoms with Crippen LogP contribution < -0.4 is 25.2 Å². The highest BCUT2D eigenvalue weighted by Gasteiger charge is 2.36. The molecule has 0 saturated carbocycles. The molecule has 1 aliphatic rings. The highest BCUT2D eigenvalue weighted by molar-refractivity contribution is 6.04. The van der Waals surface area contributed by atoms with E-state index in [4.69, 9.17) is 9.47 Å². The molecule has 2 aromatic carbocycles. The topological polar surface area (TPSA) is 104 Å². The lowest BCUT2D eigenvalue weighted by molar-refractivity contribution is -0.137. The number of nitrogens with one attached hydrogen (secondary N) is 1. The molecule has 0 amide bonds. The molecule has 0 spiro atoms. The van der Waals surface area contributed by atoms with Crippen LogP contribution in [0.15, 0.2) is 78.0 Å². The van der Waals surface area contributed by atoms with Crippen LogP contribution in [0.4, 0.5) is 18.9 Å². The minimum Gasteiger partial charge on any atom is -0.495 e. The number of ether oxygens (including phenoxy) is 2. The van der Waals surface area contributed by atoms with Gasteiger partial charge in [-0.25, -0.2) is 9.67 Å². The van der Waals surface area contributed by atoms with Gasteiger partial charge in [-0.05, 0) is 48.0 Å². The fraction of sp³-hybridized carbons (Fsp3) is 0.273. The molecule has 0 radical (unpaired) electrons. The molecule has 6 aromatic rings. The Morgan fingerprint density at radius 1 is 0.936 bits per heavy atom. The van der Waals surface area contributed by atoms with Crippen LogP contribution >= 0.6 is 0 Å². The minimum absolute atomic E-state index is 0.0485. The molecule has 1 N–H and O–H groups in total. The average molecular weight is 645 g/mol. The van der Waals surface area contributed by atoms with Gasteiger partial charge in [-0.2, -0.15) is 13.2 Å². The average Bonchev–Trinajstić information content (AvgIpc) is 3.76. The Balaban J connectivity index is 1.41. The molecule has 1 fully saturated rings. The van der Waals surface area contributed by atoms with Crippen molar-refractivity contribution in [2.24, 2.45) is 0 Å². The molecule has 0 bridgehead atoms. The van der Waals surface area contributed by atoms with E-state index in [1.807, 2.05) is 47.3 Å². The summed E-state index contributed by atoms with van der Waals surface area (Å²) in [6.45, 7) is 2.86. The lowest BCUT2D eigenvalue weighted by Gasteiger charge is -2.31. The van der Waals surface area contributed by atoms with E-state index in [9.17, 15) is 18.0 Å². The number of fused-ring (bicyclic) bond motifs is 3. The van der Waals surface area contributed by atoms with E-state index in [-0.39, 0.29) is 16.9 Å². The molecule has 7 rings (SSSR count). The molecule has 0 aliphatic carbocycles. The summed E-state index contributed by atoms with van der Waals surface area (Å²) < 4.78 is 58.8. The maximum absolute atomic E-state index is 14.5. The van der Waals surface area contributed by atoms with Gasteiger partial charge >= 0.3 is 6.18 Å². The Morgan fingerprint density at radius 2 is 1.74 bits per heavy atom. The normalized spacial score (nSPS) is 13.9. The first-order chi connectivity index (χ1) is 22.7. The fourth-order valence-electron chi connectivity index (χ4n) is 6.08. The quantitative estimate of drug-likeness (QED) is 0.254. The number of pyridine rings is 2. The van der Waals surface area contributed by atoms with E-state index in [1.54, 1.807) is 34.9 Å². The van der Waals surface area contributed by atoms with Crippen molar-refractivity contribution < 1.29 is 22.6 Å². The fourth-order valence-corrected chi connectivity index (χ4v) is 6.08. The van der Waals surface area contributed by atoms with Crippen LogP contribution in [-0.4, -0.2) is 69.5 Å². The number of aryl methyl sites for hydroxylation is 2. The van der Waals surface area contributed by atoms with Crippen LogP contribution in [0.1, 0.15) is 5.56 Å². The third kappa shape index (κ3) is 5.65. The summed E-state index contributed by atoms with van der Waals surface area (Å²) in [5.41, 5.74) is 1.61. The summed E-state index contributed by atoms with van der Waals surface area (Å²) in [6, 6.07) is 15.2. The monoisotopic (exact) mass is 644 g/mol. The largest absolute Gasteiger partial charge is 0.495 e. The van der Waals surface area contributed by atoms with Crippen molar-refractivity contribution >= 4 is 27.6 Å². The van der Waals surface area contributed by atoms with Gasteiger partial charge in [-0.1, -0.05) is 11.3 Å². The number of hydrogen-bond donors (Lipinski definition) is 1. The van der Waals surface area contributed by atoms with Gasteiger partial charge in [0.2, 0.25) is 5.88 Å². The molecule has 5 heterocycles. The Morgan fingerprint density at radius 3 is 2.45 bits per heavy atom. The molecule has 4 aromatic heterocycles. The second kappa shape index (κ2) is 12.1. The molecular formula is C33H31F3N8O3. The van der Waals surface area contributed by atoms with E-state index in [2.05, 4.69) is 20.6 Å². The highest BCUT2D eigenvalue weighted by atomic mass is 19.4. The minimum atomic E-state index is -4.61. The van der Waals surface area contributed by atoms with Gasteiger partial charge in [0.05, 0.1) is 31.0 Å². The number of rotatable bonds is 8. The van der Waals surface area contributed by atoms with Crippen LogP contribution in [0.3, 0.4) is 0 Å². The van der Waals surface area contributed by atoms with E-state index >= 15 is 0 Å². The number of methoxy groups -OCH3 is 2. The van der Waals surface area contributed by atoms with Crippen LogP contribution in [0.25, 0.3) is 38.8 Å². The van der Waals surface area contributed by atoms with E-state index in [0.717, 1.165) is 17.2 Å². The molecule has 1 aliphatic heterocycles. The molecular weight excluding hydrogens is 613 g/mol. The first kappa shape index (κ1) is 30.3. The van der Waals surface area contributed by atoms with Gasteiger partial charge in [0.25, 0.3) is 5.56 Å². The summed E-state index contributed by atoms with van der Waals surface area (Å²) in [7, 11) is 3.12. The van der Waals surface area contributed by atoms with Crippen LogP contribution in [0, 0.1) is 0 Å². The predicted molar refractivity (Wildman–Crippen MR) is 171 cm³/mol. The Kier molecular flexibility index (Phi) is 7.80. The Hall–Kier alpha value is -5.37. The third-order valence-corrected chi connectivity index (χ3v) is 8.47. The summed E-state index contributed by atoms with van der Waals surface area (Å²) in [5, 5.41) is 12.3. The zero-order chi connectivity index (χ0) is 32.7.